The van der Waals surface area contributed by atoms with Gasteiger partial charge in [0.15, 0.2) is 0 Å². The molecule has 1 saturated heterocycles. The summed E-state index contributed by atoms with van der Waals surface area (Å²) >= 11 is 12.3. The first-order valence-corrected chi connectivity index (χ1v) is 10.9. The number of morpholine rings is 1. The lowest BCUT2D eigenvalue weighted by Crippen LogP contribution is -2.40. The summed E-state index contributed by atoms with van der Waals surface area (Å²) in [4.78, 5) is 12.4. The molecule has 1 aliphatic carbocycles. The second kappa shape index (κ2) is 8.44. The lowest BCUT2D eigenvalue weighted by atomic mass is 10.1. The summed E-state index contributed by atoms with van der Waals surface area (Å²) < 4.78 is 32.3. The topological polar surface area (TPSA) is 75.7 Å². The molecule has 144 valence electrons. The molecule has 1 amide bonds. The molecular formula is C17H22Cl2N2O4S. The molecule has 1 aromatic rings. The van der Waals surface area contributed by atoms with Gasteiger partial charge >= 0.3 is 0 Å². The van der Waals surface area contributed by atoms with Crippen molar-refractivity contribution in [3.63, 3.8) is 0 Å². The average Bonchev–Trinajstić information content (AvgIpc) is 3.14. The number of benzene rings is 1. The Morgan fingerprint density at radius 1 is 1.15 bits per heavy atom. The SMILES string of the molecule is O=C(NCC1CCCC1)c1cc(S(=O)(=O)N2CCOCC2)c(Cl)cc1Cl. The Morgan fingerprint density at radius 2 is 1.81 bits per heavy atom. The number of carbonyl (C=O) groups excluding carboxylic acids is 1. The molecular weight excluding hydrogens is 399 g/mol. The van der Waals surface area contributed by atoms with E-state index < -0.39 is 10.0 Å². The Balaban J connectivity index is 1.82. The smallest absolute Gasteiger partial charge is 0.252 e. The van der Waals surface area contributed by atoms with Crippen molar-refractivity contribution in [3.8, 4) is 0 Å². The molecule has 1 aromatic carbocycles. The van der Waals surface area contributed by atoms with E-state index >= 15 is 0 Å². The summed E-state index contributed by atoms with van der Waals surface area (Å²) in [6, 6.07) is 2.60. The number of sulfonamides is 1. The van der Waals surface area contributed by atoms with Crippen LogP contribution in [0.4, 0.5) is 0 Å². The first-order valence-electron chi connectivity index (χ1n) is 8.74. The number of nitrogens with zero attached hydrogens (tertiary/aromatic N) is 1. The second-order valence-electron chi connectivity index (χ2n) is 6.64. The minimum absolute atomic E-state index is 0.00818. The van der Waals surface area contributed by atoms with E-state index in [1.165, 1.54) is 29.3 Å². The number of nitrogens with one attached hydrogen (secondary N) is 1. The van der Waals surface area contributed by atoms with E-state index in [0.717, 1.165) is 12.8 Å². The number of ether oxygens (including phenoxy) is 1. The highest BCUT2D eigenvalue weighted by atomic mass is 35.5. The van der Waals surface area contributed by atoms with Gasteiger partial charge in [-0.25, -0.2) is 8.42 Å². The normalized spacial score (nSPS) is 19.6. The molecule has 9 heteroatoms. The third-order valence-electron chi connectivity index (χ3n) is 4.88. The number of amides is 1. The number of carbonyl (C=O) groups is 1. The molecule has 0 unspecified atom stereocenters. The second-order valence-corrected chi connectivity index (χ2v) is 9.36. The zero-order chi connectivity index (χ0) is 18.7. The third-order valence-corrected chi connectivity index (χ3v) is 7.56. The number of rotatable bonds is 5. The van der Waals surface area contributed by atoms with Gasteiger partial charge in [0.25, 0.3) is 5.91 Å². The van der Waals surface area contributed by atoms with E-state index in [-0.39, 0.29) is 39.5 Å². The zero-order valence-electron chi connectivity index (χ0n) is 14.3. The van der Waals surface area contributed by atoms with Gasteiger partial charge in [0.05, 0.1) is 28.8 Å². The molecule has 0 aromatic heterocycles. The van der Waals surface area contributed by atoms with Crippen LogP contribution < -0.4 is 5.32 Å². The summed E-state index contributed by atoms with van der Waals surface area (Å²) in [7, 11) is -3.81. The van der Waals surface area contributed by atoms with Crippen molar-refractivity contribution in [2.45, 2.75) is 30.6 Å². The maximum absolute atomic E-state index is 12.9. The molecule has 2 fully saturated rings. The van der Waals surface area contributed by atoms with E-state index in [0.29, 0.717) is 25.7 Å². The van der Waals surface area contributed by atoms with Crippen molar-refractivity contribution < 1.29 is 17.9 Å². The first-order chi connectivity index (χ1) is 12.4. The van der Waals surface area contributed by atoms with Crippen LogP contribution in [0.3, 0.4) is 0 Å². The van der Waals surface area contributed by atoms with Crippen molar-refractivity contribution in [2.75, 3.05) is 32.8 Å². The van der Waals surface area contributed by atoms with E-state index in [1.54, 1.807) is 0 Å². The fourth-order valence-corrected chi connectivity index (χ4v) is 5.62. The molecule has 1 heterocycles. The van der Waals surface area contributed by atoms with Gasteiger partial charge in [-0.1, -0.05) is 36.0 Å². The molecule has 0 atom stereocenters. The summed E-state index contributed by atoms with van der Waals surface area (Å²) in [5.74, 6) is 0.0959. The summed E-state index contributed by atoms with van der Waals surface area (Å²) in [6.45, 7) is 1.75. The fourth-order valence-electron chi connectivity index (χ4n) is 3.37. The highest BCUT2D eigenvalue weighted by molar-refractivity contribution is 7.89. The molecule has 6 nitrogen and oxygen atoms in total. The van der Waals surface area contributed by atoms with Gasteiger partial charge in [0, 0.05) is 19.6 Å². The molecule has 1 aliphatic heterocycles. The standard InChI is InChI=1S/C17H22Cl2N2O4S/c18-14-10-15(19)16(26(23,24)21-5-7-25-8-6-21)9-13(14)17(22)20-11-12-3-1-2-4-12/h9-10,12H,1-8,11H2,(H,20,22). The van der Waals surface area contributed by atoms with Gasteiger partial charge in [-0.2, -0.15) is 4.31 Å². The van der Waals surface area contributed by atoms with Crippen molar-refractivity contribution in [1.82, 2.24) is 9.62 Å². The van der Waals surface area contributed by atoms with Crippen LogP contribution in [-0.2, 0) is 14.8 Å². The summed E-state index contributed by atoms with van der Waals surface area (Å²) in [5.41, 5.74) is 0.126. The van der Waals surface area contributed by atoms with Gasteiger partial charge in [-0.15, -0.1) is 0 Å². The monoisotopic (exact) mass is 420 g/mol. The highest BCUT2D eigenvalue weighted by Crippen LogP contribution is 2.31. The maximum Gasteiger partial charge on any atom is 0.252 e. The van der Waals surface area contributed by atoms with Crippen LogP contribution in [-0.4, -0.2) is 51.5 Å². The van der Waals surface area contributed by atoms with Gasteiger partial charge in [0.2, 0.25) is 10.0 Å². The van der Waals surface area contributed by atoms with Crippen LogP contribution in [0.15, 0.2) is 17.0 Å². The average molecular weight is 421 g/mol. The molecule has 3 rings (SSSR count). The Bertz CT molecular complexity index is 773. The lowest BCUT2D eigenvalue weighted by molar-refractivity contribution is 0.0730. The molecule has 26 heavy (non-hydrogen) atoms. The molecule has 2 aliphatic rings. The first kappa shape index (κ1) is 19.9. The van der Waals surface area contributed by atoms with Crippen molar-refractivity contribution >= 4 is 39.1 Å². The Morgan fingerprint density at radius 3 is 2.46 bits per heavy atom. The number of halogens is 2. The minimum atomic E-state index is -3.81. The Kier molecular flexibility index (Phi) is 6.45. The van der Waals surface area contributed by atoms with Crippen LogP contribution in [0, 0.1) is 5.92 Å². The highest BCUT2D eigenvalue weighted by Gasteiger charge is 2.30. The van der Waals surface area contributed by atoms with E-state index in [9.17, 15) is 13.2 Å². The molecule has 1 N–H and O–H groups in total. The van der Waals surface area contributed by atoms with Gasteiger partial charge in [-0.05, 0) is 30.9 Å². The van der Waals surface area contributed by atoms with Gasteiger partial charge < -0.3 is 10.1 Å². The predicted molar refractivity (Wildman–Crippen MR) is 100 cm³/mol. The van der Waals surface area contributed by atoms with E-state index in [4.69, 9.17) is 27.9 Å². The van der Waals surface area contributed by atoms with Crippen molar-refractivity contribution in [1.29, 1.82) is 0 Å². The van der Waals surface area contributed by atoms with E-state index in [2.05, 4.69) is 5.32 Å². The maximum atomic E-state index is 12.9. The molecule has 0 spiro atoms. The van der Waals surface area contributed by atoms with Crippen molar-refractivity contribution in [3.05, 3.63) is 27.7 Å². The van der Waals surface area contributed by atoms with Crippen LogP contribution in [0.5, 0.6) is 0 Å². The minimum Gasteiger partial charge on any atom is -0.379 e. The zero-order valence-corrected chi connectivity index (χ0v) is 16.7. The molecule has 0 radical (unpaired) electrons. The van der Waals surface area contributed by atoms with Crippen LogP contribution in [0.2, 0.25) is 10.0 Å². The third kappa shape index (κ3) is 4.34. The Labute approximate surface area is 163 Å². The van der Waals surface area contributed by atoms with Gasteiger partial charge in [-0.3, -0.25) is 4.79 Å². The lowest BCUT2D eigenvalue weighted by Gasteiger charge is -2.26. The van der Waals surface area contributed by atoms with Crippen LogP contribution in [0.25, 0.3) is 0 Å². The van der Waals surface area contributed by atoms with Crippen LogP contribution >= 0.6 is 23.2 Å². The summed E-state index contributed by atoms with van der Waals surface area (Å²) in [5, 5.41) is 3.01. The fraction of sp³-hybridized carbons (Fsp3) is 0.588. The van der Waals surface area contributed by atoms with Crippen LogP contribution in [0.1, 0.15) is 36.0 Å². The largest absolute Gasteiger partial charge is 0.379 e. The summed E-state index contributed by atoms with van der Waals surface area (Å²) in [6.07, 6.45) is 4.57. The predicted octanol–water partition coefficient (Wildman–Crippen LogP) is 2.93. The number of hydrogen-bond acceptors (Lipinski definition) is 4. The molecule has 0 bridgehead atoms. The Hall–Kier alpha value is -0.860. The number of hydrogen-bond donors (Lipinski definition) is 1. The van der Waals surface area contributed by atoms with Gasteiger partial charge in [0.1, 0.15) is 4.90 Å². The quantitative estimate of drug-likeness (QED) is 0.794. The van der Waals surface area contributed by atoms with E-state index in [1.807, 2.05) is 0 Å². The van der Waals surface area contributed by atoms with Crippen molar-refractivity contribution in [2.24, 2.45) is 5.92 Å². The molecule has 1 saturated carbocycles.